The Bertz CT molecular complexity index is 1370. The fourth-order valence-corrected chi connectivity index (χ4v) is 3.52. The van der Waals surface area contributed by atoms with E-state index >= 15 is 0 Å². The summed E-state index contributed by atoms with van der Waals surface area (Å²) in [5, 5.41) is 15.0. The summed E-state index contributed by atoms with van der Waals surface area (Å²) < 4.78 is 39.3. The van der Waals surface area contributed by atoms with Crippen molar-refractivity contribution in [3.05, 3.63) is 53.9 Å². The molecule has 0 unspecified atom stereocenters. The standard InChI is InChI=1S/C23H24ClF2N7O3/c1-23(2,3)36-22(34)27-9-10-32-13-16(30-19-12-28-18-5-4-8-29-33(18)19)20(31-32)15-11-14(24)6-7-17(15)35-21(25)26/h4-8,11-13,21,30H,9-10H2,1-3H3,(H,27,34). The van der Waals surface area contributed by atoms with Crippen LogP contribution < -0.4 is 15.4 Å². The molecule has 0 saturated carbocycles. The summed E-state index contributed by atoms with van der Waals surface area (Å²) in [7, 11) is 0. The van der Waals surface area contributed by atoms with Crippen molar-refractivity contribution < 1.29 is 23.0 Å². The first kappa shape index (κ1) is 25.2. The number of alkyl carbamates (subject to hydrolysis) is 1. The van der Waals surface area contributed by atoms with Gasteiger partial charge in [0.25, 0.3) is 0 Å². The topological polar surface area (TPSA) is 108 Å². The maximum absolute atomic E-state index is 13.1. The minimum Gasteiger partial charge on any atom is -0.444 e. The molecule has 0 spiro atoms. The first-order valence-corrected chi connectivity index (χ1v) is 11.3. The average Bonchev–Trinajstić information content (AvgIpc) is 3.38. The minimum atomic E-state index is -3.04. The number of alkyl halides is 2. The summed E-state index contributed by atoms with van der Waals surface area (Å²) in [6, 6.07) is 7.84. The molecule has 0 aliphatic heterocycles. The molecule has 0 radical (unpaired) electrons. The highest BCUT2D eigenvalue weighted by atomic mass is 35.5. The Morgan fingerprint density at radius 1 is 1.25 bits per heavy atom. The lowest BCUT2D eigenvalue weighted by atomic mass is 10.1. The van der Waals surface area contributed by atoms with Gasteiger partial charge in [-0.3, -0.25) is 4.68 Å². The molecular formula is C23H24ClF2N7O3. The number of nitrogens with zero attached hydrogens (tertiary/aromatic N) is 5. The molecule has 0 aliphatic rings. The first-order valence-electron chi connectivity index (χ1n) is 10.9. The van der Waals surface area contributed by atoms with Crippen LogP contribution in [-0.4, -0.2) is 49.2 Å². The normalized spacial score (nSPS) is 11.6. The number of hydrogen-bond donors (Lipinski definition) is 2. The molecule has 3 aromatic heterocycles. The predicted octanol–water partition coefficient (Wildman–Crippen LogP) is 5.12. The molecule has 2 N–H and O–H groups in total. The lowest BCUT2D eigenvalue weighted by Crippen LogP contribution is -2.34. The van der Waals surface area contributed by atoms with Crippen LogP contribution in [0.5, 0.6) is 5.75 Å². The van der Waals surface area contributed by atoms with Crippen LogP contribution in [0, 0.1) is 0 Å². The van der Waals surface area contributed by atoms with Crippen LogP contribution in [0.2, 0.25) is 5.02 Å². The lowest BCUT2D eigenvalue weighted by molar-refractivity contribution is -0.0494. The Labute approximate surface area is 210 Å². The molecule has 4 aromatic rings. The van der Waals surface area contributed by atoms with Crippen LogP contribution >= 0.6 is 11.6 Å². The van der Waals surface area contributed by atoms with E-state index in [9.17, 15) is 13.6 Å². The van der Waals surface area contributed by atoms with Gasteiger partial charge in [-0.15, -0.1) is 0 Å². The second-order valence-electron chi connectivity index (χ2n) is 8.66. The van der Waals surface area contributed by atoms with E-state index in [2.05, 4.69) is 25.8 Å². The van der Waals surface area contributed by atoms with Crippen molar-refractivity contribution in [1.29, 1.82) is 0 Å². The lowest BCUT2D eigenvalue weighted by Gasteiger charge is -2.19. The molecular weight excluding hydrogens is 496 g/mol. The van der Waals surface area contributed by atoms with Gasteiger partial charge in [-0.2, -0.15) is 23.5 Å². The number of imidazole rings is 1. The number of carbonyl (C=O) groups excluding carboxylic acids is 1. The number of carbonyl (C=O) groups is 1. The fourth-order valence-electron chi connectivity index (χ4n) is 3.35. The highest BCUT2D eigenvalue weighted by Crippen LogP contribution is 2.37. The molecule has 190 valence electrons. The van der Waals surface area contributed by atoms with Crippen molar-refractivity contribution in [2.75, 3.05) is 11.9 Å². The van der Waals surface area contributed by atoms with Gasteiger partial charge < -0.3 is 20.1 Å². The first-order chi connectivity index (χ1) is 17.1. The number of benzene rings is 1. The van der Waals surface area contributed by atoms with E-state index in [0.717, 1.165) is 0 Å². The number of rotatable bonds is 8. The van der Waals surface area contributed by atoms with Gasteiger partial charge in [0.15, 0.2) is 11.5 Å². The van der Waals surface area contributed by atoms with E-state index < -0.39 is 18.3 Å². The number of halogens is 3. The number of aromatic nitrogens is 5. The Hall–Kier alpha value is -3.93. The fraction of sp³-hybridized carbons (Fsp3) is 0.304. The molecule has 13 heteroatoms. The molecule has 1 aromatic carbocycles. The number of ether oxygens (including phenoxy) is 2. The quantitative estimate of drug-likeness (QED) is 0.333. The van der Waals surface area contributed by atoms with Crippen LogP contribution in [-0.2, 0) is 11.3 Å². The van der Waals surface area contributed by atoms with Crippen molar-refractivity contribution in [3.8, 4) is 17.0 Å². The van der Waals surface area contributed by atoms with E-state index in [-0.39, 0.29) is 24.4 Å². The smallest absolute Gasteiger partial charge is 0.407 e. The summed E-state index contributed by atoms with van der Waals surface area (Å²) in [5.41, 5.74) is 0.999. The van der Waals surface area contributed by atoms with E-state index in [1.807, 2.05) is 0 Å². The number of hydrogen-bond acceptors (Lipinski definition) is 7. The maximum Gasteiger partial charge on any atom is 0.407 e. The third kappa shape index (κ3) is 6.19. The molecule has 3 heterocycles. The van der Waals surface area contributed by atoms with Crippen LogP contribution in [0.4, 0.5) is 25.1 Å². The van der Waals surface area contributed by atoms with Gasteiger partial charge in [0.2, 0.25) is 0 Å². The van der Waals surface area contributed by atoms with Crippen molar-refractivity contribution in [3.63, 3.8) is 0 Å². The zero-order valence-corrected chi connectivity index (χ0v) is 20.5. The largest absolute Gasteiger partial charge is 0.444 e. The van der Waals surface area contributed by atoms with Gasteiger partial charge >= 0.3 is 12.7 Å². The van der Waals surface area contributed by atoms with Gasteiger partial charge in [-0.1, -0.05) is 11.6 Å². The van der Waals surface area contributed by atoms with Crippen LogP contribution in [0.3, 0.4) is 0 Å². The molecule has 4 rings (SSSR count). The van der Waals surface area contributed by atoms with Crippen molar-refractivity contribution in [2.45, 2.75) is 39.5 Å². The molecule has 0 atom stereocenters. The highest BCUT2D eigenvalue weighted by Gasteiger charge is 2.20. The van der Waals surface area contributed by atoms with Crippen LogP contribution in [0.15, 0.2) is 48.9 Å². The number of amides is 1. The highest BCUT2D eigenvalue weighted by molar-refractivity contribution is 6.31. The Kier molecular flexibility index (Phi) is 7.25. The molecule has 0 aliphatic carbocycles. The van der Waals surface area contributed by atoms with Gasteiger partial charge in [-0.05, 0) is 51.1 Å². The molecule has 10 nitrogen and oxygen atoms in total. The van der Waals surface area contributed by atoms with E-state index in [1.54, 1.807) is 60.7 Å². The second kappa shape index (κ2) is 10.4. The van der Waals surface area contributed by atoms with Gasteiger partial charge in [0.05, 0.1) is 18.4 Å². The van der Waals surface area contributed by atoms with Crippen LogP contribution in [0.25, 0.3) is 16.9 Å². The van der Waals surface area contributed by atoms with Crippen LogP contribution in [0.1, 0.15) is 20.8 Å². The van der Waals surface area contributed by atoms with E-state index in [0.29, 0.717) is 27.9 Å². The molecule has 0 fully saturated rings. The number of nitrogens with one attached hydrogen (secondary N) is 2. The van der Waals surface area contributed by atoms with Crippen molar-refractivity contribution >= 4 is 34.8 Å². The molecule has 0 bridgehead atoms. The van der Waals surface area contributed by atoms with E-state index in [4.69, 9.17) is 21.1 Å². The Balaban J connectivity index is 1.66. The summed E-state index contributed by atoms with van der Waals surface area (Å²) in [6.45, 7) is 2.74. The predicted molar refractivity (Wildman–Crippen MR) is 130 cm³/mol. The molecule has 1 amide bonds. The van der Waals surface area contributed by atoms with Crippen molar-refractivity contribution in [1.82, 2.24) is 29.7 Å². The summed E-state index contributed by atoms with van der Waals surface area (Å²) in [4.78, 5) is 16.3. The van der Waals surface area contributed by atoms with E-state index in [1.165, 1.54) is 18.2 Å². The minimum absolute atomic E-state index is 0.0918. The summed E-state index contributed by atoms with van der Waals surface area (Å²) in [5.74, 6) is 0.433. The number of fused-ring (bicyclic) bond motifs is 1. The van der Waals surface area contributed by atoms with Gasteiger partial charge in [0, 0.05) is 29.5 Å². The third-order valence-corrected chi connectivity index (χ3v) is 4.96. The molecule has 36 heavy (non-hydrogen) atoms. The molecule has 0 saturated heterocycles. The second-order valence-corrected chi connectivity index (χ2v) is 9.10. The SMILES string of the molecule is CC(C)(C)OC(=O)NCCn1cc(Nc2cnc3cccnn23)c(-c2cc(Cl)ccc2OC(F)F)n1. The van der Waals surface area contributed by atoms with Crippen molar-refractivity contribution in [2.24, 2.45) is 0 Å². The maximum atomic E-state index is 13.1. The number of anilines is 2. The summed E-state index contributed by atoms with van der Waals surface area (Å²) >= 11 is 6.17. The monoisotopic (exact) mass is 519 g/mol. The summed E-state index contributed by atoms with van der Waals surface area (Å²) in [6.07, 6.45) is 4.30. The Morgan fingerprint density at radius 2 is 2.06 bits per heavy atom. The average molecular weight is 520 g/mol. The van der Waals surface area contributed by atoms with Gasteiger partial charge in [-0.25, -0.2) is 9.78 Å². The third-order valence-electron chi connectivity index (χ3n) is 4.72. The zero-order valence-electron chi connectivity index (χ0n) is 19.7. The zero-order chi connectivity index (χ0) is 25.9. The Morgan fingerprint density at radius 3 is 2.81 bits per heavy atom. The van der Waals surface area contributed by atoms with Gasteiger partial charge in [0.1, 0.15) is 17.0 Å².